The van der Waals surface area contributed by atoms with Gasteiger partial charge in [-0.2, -0.15) is 0 Å². The summed E-state index contributed by atoms with van der Waals surface area (Å²) in [5.74, 6) is 0.296. The van der Waals surface area contributed by atoms with E-state index >= 15 is 0 Å². The Hall–Kier alpha value is -0.570. The van der Waals surface area contributed by atoms with E-state index in [0.29, 0.717) is 11.4 Å². The van der Waals surface area contributed by atoms with Gasteiger partial charge in [0.25, 0.3) is 0 Å². The topological polar surface area (TPSA) is 41.1 Å². The molecule has 3 saturated carbocycles. The number of amides is 1. The quantitative estimate of drug-likeness (QED) is 0.696. The second kappa shape index (κ2) is 3.78. The first-order valence-corrected chi connectivity index (χ1v) is 6.20. The van der Waals surface area contributed by atoms with Crippen molar-refractivity contribution in [3.63, 3.8) is 0 Å². The molecule has 3 fully saturated rings. The maximum atomic E-state index is 11.8. The second-order valence-corrected chi connectivity index (χ2v) is 5.27. The monoisotopic (exact) mass is 210 g/mol. The summed E-state index contributed by atoms with van der Waals surface area (Å²) >= 11 is 0. The summed E-state index contributed by atoms with van der Waals surface area (Å²) in [6.07, 6.45) is 5.40. The number of hydrogen-bond acceptors (Lipinski definition) is 2. The van der Waals surface area contributed by atoms with Gasteiger partial charge < -0.3 is 10.6 Å². The number of carbonyl (C=O) groups excluding carboxylic acids is 1. The van der Waals surface area contributed by atoms with E-state index in [1.807, 2.05) is 0 Å². The molecule has 2 N–H and O–H groups in total. The minimum atomic E-state index is 0.0237. The minimum Gasteiger partial charge on any atom is -0.356 e. The molecule has 0 aromatic rings. The molecule has 3 aliphatic rings. The molecular weight excluding hydrogens is 188 g/mol. The summed E-state index contributed by atoms with van der Waals surface area (Å²) < 4.78 is 0. The summed E-state index contributed by atoms with van der Waals surface area (Å²) in [7, 11) is 0. The highest BCUT2D eigenvalue weighted by Gasteiger charge is 2.71. The molecule has 0 aromatic heterocycles. The zero-order chi connectivity index (χ0) is 10.9. The predicted molar refractivity (Wildman–Crippen MR) is 60.6 cm³/mol. The predicted octanol–water partition coefficient (Wildman–Crippen LogP) is 1.43. The molecular formula is C12H22N2O. The Kier molecular flexibility index (Phi) is 2.75. The van der Waals surface area contributed by atoms with E-state index < -0.39 is 0 Å². The van der Waals surface area contributed by atoms with E-state index in [2.05, 4.69) is 24.5 Å². The Morgan fingerprint density at radius 2 is 1.73 bits per heavy atom. The molecule has 3 aliphatic carbocycles. The lowest BCUT2D eigenvalue weighted by molar-refractivity contribution is -0.180. The Bertz CT molecular complexity index is 243. The molecule has 15 heavy (non-hydrogen) atoms. The minimum absolute atomic E-state index is 0.0237. The van der Waals surface area contributed by atoms with E-state index in [4.69, 9.17) is 0 Å². The van der Waals surface area contributed by atoms with Gasteiger partial charge in [0, 0.05) is 12.1 Å². The van der Waals surface area contributed by atoms with Crippen molar-refractivity contribution in [3.8, 4) is 0 Å². The molecule has 0 unspecified atom stereocenters. The molecule has 1 amide bonds. The fourth-order valence-corrected chi connectivity index (χ4v) is 3.03. The van der Waals surface area contributed by atoms with Crippen LogP contribution in [0.3, 0.4) is 0 Å². The molecule has 0 atom stereocenters. The highest BCUT2D eigenvalue weighted by Crippen LogP contribution is 2.67. The highest BCUT2D eigenvalue weighted by atomic mass is 16.2. The van der Waals surface area contributed by atoms with Crippen molar-refractivity contribution >= 4 is 5.91 Å². The van der Waals surface area contributed by atoms with Crippen molar-refractivity contribution in [2.75, 3.05) is 13.1 Å². The van der Waals surface area contributed by atoms with Gasteiger partial charge in [0.2, 0.25) is 5.91 Å². The molecule has 3 heteroatoms. The number of hydrogen-bond donors (Lipinski definition) is 2. The maximum absolute atomic E-state index is 11.8. The molecule has 0 aliphatic heterocycles. The average Bonchev–Trinajstić information content (AvgIpc) is 2.10. The zero-order valence-corrected chi connectivity index (χ0v) is 9.86. The van der Waals surface area contributed by atoms with E-state index in [1.54, 1.807) is 0 Å². The van der Waals surface area contributed by atoms with Crippen molar-refractivity contribution < 1.29 is 4.79 Å². The smallest absolute Gasteiger partial charge is 0.226 e. The van der Waals surface area contributed by atoms with Crippen LogP contribution < -0.4 is 10.6 Å². The Morgan fingerprint density at radius 1 is 1.13 bits per heavy atom. The van der Waals surface area contributed by atoms with Crippen molar-refractivity contribution in [2.24, 2.45) is 5.41 Å². The summed E-state index contributed by atoms with van der Waals surface area (Å²) in [5, 5.41) is 6.59. The van der Waals surface area contributed by atoms with E-state index in [-0.39, 0.29) is 5.41 Å². The fraction of sp³-hybridized carbons (Fsp3) is 0.917. The molecule has 0 radical (unpaired) electrons. The van der Waals surface area contributed by atoms with Crippen LogP contribution in [0.4, 0.5) is 0 Å². The van der Waals surface area contributed by atoms with Crippen LogP contribution in [0.2, 0.25) is 0 Å². The molecule has 86 valence electrons. The van der Waals surface area contributed by atoms with Crippen LogP contribution in [0.25, 0.3) is 0 Å². The first kappa shape index (κ1) is 10.9. The standard InChI is InChI=1S/C12H22N2O/c1-3-5-13-10(15)11-7-12(8-11,9-11)14-6-4-2/h14H,3-9H2,1-2H3,(H,13,15). The third-order valence-corrected chi connectivity index (χ3v) is 3.80. The van der Waals surface area contributed by atoms with Crippen LogP contribution in [0.1, 0.15) is 46.0 Å². The first-order valence-electron chi connectivity index (χ1n) is 6.20. The fourth-order valence-electron chi connectivity index (χ4n) is 3.03. The SMILES string of the molecule is CCCNC(=O)C12CC(NCCC)(C1)C2. The molecule has 0 heterocycles. The van der Waals surface area contributed by atoms with Crippen molar-refractivity contribution in [3.05, 3.63) is 0 Å². The Labute approximate surface area is 92.0 Å². The lowest BCUT2D eigenvalue weighted by Gasteiger charge is -2.69. The van der Waals surface area contributed by atoms with Gasteiger partial charge >= 0.3 is 0 Å². The van der Waals surface area contributed by atoms with Crippen LogP contribution in [-0.2, 0) is 4.79 Å². The van der Waals surface area contributed by atoms with E-state index in [9.17, 15) is 4.79 Å². The van der Waals surface area contributed by atoms with Crippen LogP contribution in [0, 0.1) is 5.41 Å². The zero-order valence-electron chi connectivity index (χ0n) is 9.86. The molecule has 2 bridgehead atoms. The van der Waals surface area contributed by atoms with Crippen molar-refractivity contribution in [1.82, 2.24) is 10.6 Å². The summed E-state index contributed by atoms with van der Waals surface area (Å²) in [6, 6.07) is 0. The van der Waals surface area contributed by atoms with Crippen LogP contribution >= 0.6 is 0 Å². The van der Waals surface area contributed by atoms with Gasteiger partial charge in [0.15, 0.2) is 0 Å². The van der Waals surface area contributed by atoms with Crippen LogP contribution in [0.15, 0.2) is 0 Å². The van der Waals surface area contributed by atoms with Gasteiger partial charge in [0.05, 0.1) is 5.41 Å². The third-order valence-electron chi connectivity index (χ3n) is 3.80. The van der Waals surface area contributed by atoms with Crippen LogP contribution in [-0.4, -0.2) is 24.5 Å². The van der Waals surface area contributed by atoms with Gasteiger partial charge in [-0.15, -0.1) is 0 Å². The van der Waals surface area contributed by atoms with E-state index in [1.165, 1.54) is 6.42 Å². The van der Waals surface area contributed by atoms with Gasteiger partial charge in [-0.3, -0.25) is 4.79 Å². The maximum Gasteiger partial charge on any atom is 0.226 e. The van der Waals surface area contributed by atoms with Gasteiger partial charge in [-0.05, 0) is 38.6 Å². The van der Waals surface area contributed by atoms with Gasteiger partial charge in [-0.25, -0.2) is 0 Å². The molecule has 3 rings (SSSR count). The van der Waals surface area contributed by atoms with Gasteiger partial charge in [0.1, 0.15) is 0 Å². The second-order valence-electron chi connectivity index (χ2n) is 5.27. The lowest BCUT2D eigenvalue weighted by Crippen LogP contribution is -2.77. The highest BCUT2D eigenvalue weighted by molar-refractivity contribution is 5.87. The third kappa shape index (κ3) is 1.67. The number of nitrogens with one attached hydrogen (secondary N) is 2. The first-order chi connectivity index (χ1) is 7.16. The van der Waals surface area contributed by atoms with Crippen molar-refractivity contribution in [1.29, 1.82) is 0 Å². The lowest BCUT2D eigenvalue weighted by atomic mass is 9.39. The molecule has 0 saturated heterocycles. The molecule has 0 spiro atoms. The normalized spacial score (nSPS) is 36.7. The Balaban J connectivity index is 1.74. The summed E-state index contributed by atoms with van der Waals surface area (Å²) in [5.41, 5.74) is 0.371. The Morgan fingerprint density at radius 3 is 2.27 bits per heavy atom. The van der Waals surface area contributed by atoms with Gasteiger partial charge in [-0.1, -0.05) is 13.8 Å². The molecule has 0 aromatic carbocycles. The average molecular weight is 210 g/mol. The van der Waals surface area contributed by atoms with Crippen molar-refractivity contribution in [2.45, 2.75) is 51.5 Å². The van der Waals surface area contributed by atoms with Crippen LogP contribution in [0.5, 0.6) is 0 Å². The van der Waals surface area contributed by atoms with E-state index in [0.717, 1.165) is 38.8 Å². The summed E-state index contributed by atoms with van der Waals surface area (Å²) in [6.45, 7) is 6.19. The molecule has 3 nitrogen and oxygen atoms in total. The largest absolute Gasteiger partial charge is 0.356 e. The number of rotatable bonds is 6. The summed E-state index contributed by atoms with van der Waals surface area (Å²) in [4.78, 5) is 11.8. The number of carbonyl (C=O) groups is 1.